The minimum Gasteiger partial charge on any atom is -0.465 e. The molecule has 2 aromatic carbocycles. The van der Waals surface area contributed by atoms with Crippen LogP contribution in [-0.4, -0.2) is 32.6 Å². The van der Waals surface area contributed by atoms with Gasteiger partial charge in [-0.25, -0.2) is 9.18 Å². The molecule has 1 saturated carbocycles. The van der Waals surface area contributed by atoms with Crippen LogP contribution in [0, 0.1) is 5.82 Å². The summed E-state index contributed by atoms with van der Waals surface area (Å²) in [5, 5.41) is 6.60. The Hall–Kier alpha value is -2.16. The van der Waals surface area contributed by atoms with Gasteiger partial charge in [-0.15, -0.1) is 24.0 Å². The number of ether oxygens (including phenoxy) is 1. The predicted molar refractivity (Wildman–Crippen MR) is 119 cm³/mol. The van der Waals surface area contributed by atoms with Crippen molar-refractivity contribution >= 4 is 35.9 Å². The van der Waals surface area contributed by atoms with E-state index in [1.54, 1.807) is 31.3 Å². The molecule has 1 aliphatic rings. The van der Waals surface area contributed by atoms with Gasteiger partial charge in [-0.3, -0.25) is 4.99 Å². The van der Waals surface area contributed by atoms with E-state index in [4.69, 9.17) is 4.74 Å². The van der Waals surface area contributed by atoms with Crippen molar-refractivity contribution in [1.82, 2.24) is 10.6 Å². The molecule has 0 atom stereocenters. The lowest BCUT2D eigenvalue weighted by Crippen LogP contribution is -2.40. The van der Waals surface area contributed by atoms with Crippen LogP contribution in [0.4, 0.5) is 4.39 Å². The SMILES string of the molecule is CN=C(NCc1ccc(C(=O)OC)cc1)NCC1(c2cccc(F)c2)CC1.I. The third kappa shape index (κ3) is 5.43. The maximum Gasteiger partial charge on any atom is 0.337 e. The summed E-state index contributed by atoms with van der Waals surface area (Å²) < 4.78 is 18.2. The van der Waals surface area contributed by atoms with Gasteiger partial charge < -0.3 is 15.4 Å². The maximum absolute atomic E-state index is 13.5. The van der Waals surface area contributed by atoms with Crippen molar-refractivity contribution in [3.63, 3.8) is 0 Å². The number of hydrogen-bond donors (Lipinski definition) is 2. The molecule has 0 unspecified atom stereocenters. The average Bonchev–Trinajstić information content (AvgIpc) is 3.49. The smallest absolute Gasteiger partial charge is 0.337 e. The Kier molecular flexibility index (Phi) is 7.79. The molecule has 28 heavy (non-hydrogen) atoms. The third-order valence-corrected chi connectivity index (χ3v) is 4.94. The molecule has 0 heterocycles. The summed E-state index contributed by atoms with van der Waals surface area (Å²) >= 11 is 0. The fourth-order valence-corrected chi connectivity index (χ4v) is 3.07. The first-order chi connectivity index (χ1) is 13.1. The molecule has 7 heteroatoms. The van der Waals surface area contributed by atoms with Crippen LogP contribution in [0.15, 0.2) is 53.5 Å². The van der Waals surface area contributed by atoms with Crippen LogP contribution in [0.3, 0.4) is 0 Å². The molecule has 1 fully saturated rings. The summed E-state index contributed by atoms with van der Waals surface area (Å²) in [6, 6.07) is 14.1. The number of rotatable bonds is 6. The number of nitrogens with zero attached hydrogens (tertiary/aromatic N) is 1. The number of methoxy groups -OCH3 is 1. The molecule has 0 amide bonds. The van der Waals surface area contributed by atoms with Gasteiger partial charge in [0, 0.05) is 25.6 Å². The van der Waals surface area contributed by atoms with Crippen molar-refractivity contribution in [2.75, 3.05) is 20.7 Å². The molecule has 150 valence electrons. The van der Waals surface area contributed by atoms with Gasteiger partial charge in [0.1, 0.15) is 5.82 Å². The Morgan fingerprint density at radius 2 is 1.89 bits per heavy atom. The molecule has 0 bridgehead atoms. The second-order valence-corrected chi connectivity index (χ2v) is 6.76. The lowest BCUT2D eigenvalue weighted by Gasteiger charge is -2.19. The van der Waals surface area contributed by atoms with E-state index < -0.39 is 0 Å². The molecular weight excluding hydrogens is 472 g/mol. The zero-order chi connectivity index (χ0) is 19.3. The first kappa shape index (κ1) is 22.1. The number of hydrogen-bond acceptors (Lipinski definition) is 3. The second-order valence-electron chi connectivity index (χ2n) is 6.76. The molecule has 3 rings (SSSR count). The topological polar surface area (TPSA) is 62.7 Å². The van der Waals surface area contributed by atoms with E-state index in [-0.39, 0.29) is 41.2 Å². The van der Waals surface area contributed by atoms with Crippen LogP contribution in [0.1, 0.15) is 34.3 Å². The maximum atomic E-state index is 13.5. The number of esters is 1. The van der Waals surface area contributed by atoms with E-state index in [2.05, 4.69) is 15.6 Å². The van der Waals surface area contributed by atoms with E-state index in [1.807, 2.05) is 18.2 Å². The number of benzene rings is 2. The van der Waals surface area contributed by atoms with Crippen molar-refractivity contribution in [3.05, 3.63) is 71.0 Å². The normalized spacial score (nSPS) is 14.6. The zero-order valence-electron chi connectivity index (χ0n) is 16.0. The molecule has 5 nitrogen and oxygen atoms in total. The van der Waals surface area contributed by atoms with E-state index in [1.165, 1.54) is 13.2 Å². The summed E-state index contributed by atoms with van der Waals surface area (Å²) in [6.45, 7) is 1.28. The highest BCUT2D eigenvalue weighted by Gasteiger charge is 2.44. The third-order valence-electron chi connectivity index (χ3n) is 4.94. The Morgan fingerprint density at radius 1 is 1.18 bits per heavy atom. The molecule has 1 aliphatic carbocycles. The summed E-state index contributed by atoms with van der Waals surface area (Å²) in [4.78, 5) is 15.7. The highest BCUT2D eigenvalue weighted by Crippen LogP contribution is 2.47. The van der Waals surface area contributed by atoms with Crippen LogP contribution in [0.25, 0.3) is 0 Å². The Morgan fingerprint density at radius 3 is 2.46 bits per heavy atom. The summed E-state index contributed by atoms with van der Waals surface area (Å²) in [7, 11) is 3.08. The Balaban J connectivity index is 0.00000280. The molecule has 2 aromatic rings. The van der Waals surface area contributed by atoms with Crippen LogP contribution >= 0.6 is 24.0 Å². The molecule has 0 aliphatic heterocycles. The number of guanidine groups is 1. The first-order valence-electron chi connectivity index (χ1n) is 8.94. The lowest BCUT2D eigenvalue weighted by molar-refractivity contribution is 0.0600. The molecular formula is C21H25FIN3O2. The second kappa shape index (κ2) is 9.86. The summed E-state index contributed by atoms with van der Waals surface area (Å²) in [6.07, 6.45) is 2.07. The zero-order valence-corrected chi connectivity index (χ0v) is 18.3. The number of carbonyl (C=O) groups excluding carboxylic acids is 1. The number of carbonyl (C=O) groups is 1. The molecule has 0 saturated heterocycles. The summed E-state index contributed by atoms with van der Waals surface area (Å²) in [5.74, 6) is 0.144. The Bertz CT molecular complexity index is 836. The Labute approximate surface area is 181 Å². The fourth-order valence-electron chi connectivity index (χ4n) is 3.07. The van der Waals surface area contributed by atoms with Crippen molar-refractivity contribution in [1.29, 1.82) is 0 Å². The van der Waals surface area contributed by atoms with Gasteiger partial charge in [0.2, 0.25) is 0 Å². The van der Waals surface area contributed by atoms with Gasteiger partial charge in [-0.05, 0) is 48.2 Å². The van der Waals surface area contributed by atoms with Gasteiger partial charge in [-0.1, -0.05) is 24.3 Å². The van der Waals surface area contributed by atoms with E-state index >= 15 is 0 Å². The predicted octanol–water partition coefficient (Wildman–Crippen LogP) is 3.63. The highest BCUT2D eigenvalue weighted by molar-refractivity contribution is 14.0. The number of halogens is 2. The average molecular weight is 497 g/mol. The van der Waals surface area contributed by atoms with E-state index in [0.29, 0.717) is 24.6 Å². The lowest BCUT2D eigenvalue weighted by atomic mass is 9.96. The van der Waals surface area contributed by atoms with Crippen LogP contribution in [0.5, 0.6) is 0 Å². The standard InChI is InChI=1S/C21H24FN3O2.HI/c1-23-20(24-13-15-6-8-16(9-7-15)19(26)27-2)25-14-21(10-11-21)17-4-3-5-18(22)12-17;/h3-9,12H,10-11,13-14H2,1-2H3,(H2,23,24,25);1H. The van der Waals surface area contributed by atoms with Crippen LogP contribution in [0.2, 0.25) is 0 Å². The summed E-state index contributed by atoms with van der Waals surface area (Å²) in [5.41, 5.74) is 2.57. The van der Waals surface area contributed by atoms with Crippen LogP contribution in [-0.2, 0) is 16.7 Å². The highest BCUT2D eigenvalue weighted by atomic mass is 127. The molecule has 0 radical (unpaired) electrons. The van der Waals surface area contributed by atoms with Crippen molar-refractivity contribution in [2.24, 2.45) is 4.99 Å². The van der Waals surface area contributed by atoms with Gasteiger partial charge >= 0.3 is 5.97 Å². The van der Waals surface area contributed by atoms with Crippen molar-refractivity contribution in [2.45, 2.75) is 24.8 Å². The first-order valence-corrected chi connectivity index (χ1v) is 8.94. The largest absolute Gasteiger partial charge is 0.465 e. The van der Waals surface area contributed by atoms with Crippen LogP contribution < -0.4 is 10.6 Å². The van der Waals surface area contributed by atoms with Crippen molar-refractivity contribution in [3.8, 4) is 0 Å². The van der Waals surface area contributed by atoms with E-state index in [0.717, 1.165) is 24.0 Å². The molecule has 0 aromatic heterocycles. The van der Waals surface area contributed by atoms with Gasteiger partial charge in [0.25, 0.3) is 0 Å². The van der Waals surface area contributed by atoms with Gasteiger partial charge in [0.15, 0.2) is 5.96 Å². The van der Waals surface area contributed by atoms with Gasteiger partial charge in [-0.2, -0.15) is 0 Å². The minimum atomic E-state index is -0.348. The van der Waals surface area contributed by atoms with Crippen molar-refractivity contribution < 1.29 is 13.9 Å². The minimum absolute atomic E-state index is 0. The monoisotopic (exact) mass is 497 g/mol. The number of aliphatic imine (C=N–C) groups is 1. The number of nitrogens with one attached hydrogen (secondary N) is 2. The molecule has 0 spiro atoms. The quantitative estimate of drug-likeness (QED) is 0.277. The van der Waals surface area contributed by atoms with E-state index in [9.17, 15) is 9.18 Å². The fraction of sp³-hybridized carbons (Fsp3) is 0.333. The van der Waals surface area contributed by atoms with Gasteiger partial charge in [0.05, 0.1) is 12.7 Å². The molecule has 2 N–H and O–H groups in total.